The van der Waals surface area contributed by atoms with Crippen molar-refractivity contribution in [2.45, 2.75) is 37.6 Å². The smallest absolute Gasteiger partial charge is 0.365 e. The number of Topliss-reactive ketones (excluding diaryl/α,β-unsaturated/α-hetero) is 1. The summed E-state index contributed by atoms with van der Waals surface area (Å²) in [5.41, 5.74) is 0.307. The third kappa shape index (κ3) is 3.94. The van der Waals surface area contributed by atoms with Crippen LogP contribution in [0.25, 0.3) is 0 Å². The number of likely N-dealkylation sites (tertiary alicyclic amines) is 1. The molecule has 30 heavy (non-hydrogen) atoms. The van der Waals surface area contributed by atoms with Gasteiger partial charge in [0.2, 0.25) is 5.78 Å². The van der Waals surface area contributed by atoms with E-state index in [1.165, 1.54) is 17.2 Å². The Balaban J connectivity index is 1.41. The number of rotatable bonds is 3. The zero-order valence-electron chi connectivity index (χ0n) is 15.8. The Kier molecular flexibility index (Phi) is 5.32. The molecule has 2 aromatic rings. The molecule has 0 bridgehead atoms. The van der Waals surface area contributed by atoms with Crippen molar-refractivity contribution in [1.82, 2.24) is 9.88 Å². The van der Waals surface area contributed by atoms with Gasteiger partial charge in [0.25, 0.3) is 5.91 Å². The number of alkyl halides is 3. The molecule has 2 aliphatic heterocycles. The van der Waals surface area contributed by atoms with E-state index in [9.17, 15) is 22.8 Å². The first kappa shape index (κ1) is 20.8. The van der Waals surface area contributed by atoms with Crippen molar-refractivity contribution in [3.8, 4) is 0 Å². The number of amides is 1. The molecule has 1 saturated heterocycles. The fourth-order valence-corrected chi connectivity index (χ4v) is 4.15. The van der Waals surface area contributed by atoms with Gasteiger partial charge < -0.3 is 9.64 Å². The summed E-state index contributed by atoms with van der Waals surface area (Å²) in [6.07, 6.45) is -2.26. The van der Waals surface area contributed by atoms with E-state index in [2.05, 4.69) is 4.98 Å². The number of carbonyl (C=O) groups excluding carboxylic acids is 2. The highest BCUT2D eigenvalue weighted by Gasteiger charge is 2.45. The number of aromatic nitrogens is 1. The van der Waals surface area contributed by atoms with Gasteiger partial charge in [-0.05, 0) is 48.2 Å². The van der Waals surface area contributed by atoms with Crippen LogP contribution in [0.15, 0.2) is 36.5 Å². The van der Waals surface area contributed by atoms with E-state index in [-0.39, 0.29) is 13.0 Å². The second-order valence-corrected chi connectivity index (χ2v) is 7.95. The van der Waals surface area contributed by atoms with E-state index in [0.717, 1.165) is 17.7 Å². The van der Waals surface area contributed by atoms with Gasteiger partial charge in [-0.15, -0.1) is 0 Å². The van der Waals surface area contributed by atoms with Gasteiger partial charge in [-0.2, -0.15) is 13.2 Å². The predicted molar refractivity (Wildman–Crippen MR) is 102 cm³/mol. The number of piperidine rings is 1. The molecule has 3 heterocycles. The largest absolute Gasteiger partial charge is 0.416 e. The average molecular weight is 439 g/mol. The molecule has 0 radical (unpaired) electrons. The van der Waals surface area contributed by atoms with E-state index in [0.29, 0.717) is 42.2 Å². The van der Waals surface area contributed by atoms with Gasteiger partial charge in [-0.25, -0.2) is 0 Å². The Morgan fingerprint density at radius 1 is 1.17 bits per heavy atom. The summed E-state index contributed by atoms with van der Waals surface area (Å²) in [5, 5.41) is 0.443. The zero-order chi connectivity index (χ0) is 21.5. The van der Waals surface area contributed by atoms with Crippen molar-refractivity contribution in [2.24, 2.45) is 0 Å². The first-order valence-electron chi connectivity index (χ1n) is 9.45. The Labute approximate surface area is 175 Å². The van der Waals surface area contributed by atoms with E-state index in [1.807, 2.05) is 0 Å². The lowest BCUT2D eigenvalue weighted by Crippen LogP contribution is -2.47. The molecule has 0 atom stereocenters. The minimum absolute atomic E-state index is 0.106. The van der Waals surface area contributed by atoms with Crippen LogP contribution in [0.2, 0.25) is 5.02 Å². The monoisotopic (exact) mass is 438 g/mol. The number of carbonyl (C=O) groups is 2. The Morgan fingerprint density at radius 2 is 1.90 bits per heavy atom. The van der Waals surface area contributed by atoms with Crippen molar-refractivity contribution in [3.05, 3.63) is 63.9 Å². The lowest BCUT2D eigenvalue weighted by molar-refractivity contribution is -0.149. The van der Waals surface area contributed by atoms with Crippen molar-refractivity contribution in [2.75, 3.05) is 13.1 Å². The summed E-state index contributed by atoms with van der Waals surface area (Å²) < 4.78 is 44.8. The molecule has 0 aliphatic carbocycles. The Hall–Kier alpha value is -2.45. The van der Waals surface area contributed by atoms with Crippen LogP contribution in [0, 0.1) is 0 Å². The SMILES string of the molecule is O=C(Cc1ccc(Cl)cn1)C(=O)N1CCC2(CC1)OCc1cc(C(F)(F)F)ccc12. The van der Waals surface area contributed by atoms with Crippen molar-refractivity contribution < 1.29 is 27.5 Å². The second-order valence-electron chi connectivity index (χ2n) is 7.51. The summed E-state index contributed by atoms with van der Waals surface area (Å²) >= 11 is 5.77. The molecular formula is C21H18ClF3N2O3. The highest BCUT2D eigenvalue weighted by Crippen LogP contribution is 2.45. The third-order valence-corrected chi connectivity index (χ3v) is 5.88. The average Bonchev–Trinajstić information content (AvgIpc) is 3.07. The lowest BCUT2D eigenvalue weighted by atomic mass is 9.83. The van der Waals surface area contributed by atoms with Gasteiger partial charge in [0.05, 0.1) is 29.2 Å². The van der Waals surface area contributed by atoms with Gasteiger partial charge in [0, 0.05) is 25.0 Å². The molecule has 9 heteroatoms. The maximum absolute atomic E-state index is 13.0. The molecule has 0 N–H and O–H groups in total. The van der Waals surface area contributed by atoms with Crippen molar-refractivity contribution in [1.29, 1.82) is 0 Å². The summed E-state index contributed by atoms with van der Waals surface area (Å²) in [7, 11) is 0. The number of benzene rings is 1. The topological polar surface area (TPSA) is 59.5 Å². The van der Waals surface area contributed by atoms with Crippen LogP contribution < -0.4 is 0 Å². The van der Waals surface area contributed by atoms with E-state index < -0.39 is 29.0 Å². The third-order valence-electron chi connectivity index (χ3n) is 5.65. The van der Waals surface area contributed by atoms with Crippen LogP contribution in [0.4, 0.5) is 13.2 Å². The molecule has 1 amide bonds. The van der Waals surface area contributed by atoms with Crippen LogP contribution >= 0.6 is 11.6 Å². The highest BCUT2D eigenvalue weighted by atomic mass is 35.5. The Bertz CT molecular complexity index is 984. The molecule has 1 aromatic heterocycles. The maximum atomic E-state index is 13.0. The van der Waals surface area contributed by atoms with E-state index >= 15 is 0 Å². The van der Waals surface area contributed by atoms with E-state index in [1.54, 1.807) is 12.1 Å². The molecule has 0 unspecified atom stereocenters. The summed E-state index contributed by atoms with van der Waals surface area (Å²) in [5.74, 6) is -1.16. The van der Waals surface area contributed by atoms with Crippen LogP contribution in [0.3, 0.4) is 0 Å². The molecule has 1 spiro atoms. The first-order chi connectivity index (χ1) is 14.2. The summed E-state index contributed by atoms with van der Waals surface area (Å²) in [6.45, 7) is 0.687. The summed E-state index contributed by atoms with van der Waals surface area (Å²) in [6, 6.07) is 6.86. The van der Waals surface area contributed by atoms with Crippen LogP contribution in [0.5, 0.6) is 0 Å². The van der Waals surface area contributed by atoms with Gasteiger partial charge in [-0.3, -0.25) is 14.6 Å². The van der Waals surface area contributed by atoms with Gasteiger partial charge in [-0.1, -0.05) is 17.7 Å². The van der Waals surface area contributed by atoms with Crippen LogP contribution in [-0.4, -0.2) is 34.7 Å². The number of hydrogen-bond acceptors (Lipinski definition) is 4. The van der Waals surface area contributed by atoms with Gasteiger partial charge in [0.1, 0.15) is 0 Å². The van der Waals surface area contributed by atoms with Gasteiger partial charge in [0.15, 0.2) is 0 Å². The van der Waals surface area contributed by atoms with Crippen LogP contribution in [0.1, 0.15) is 35.2 Å². The quantitative estimate of drug-likeness (QED) is 0.682. The molecule has 1 fully saturated rings. The van der Waals surface area contributed by atoms with Crippen LogP contribution in [-0.2, 0) is 39.1 Å². The normalized spacial score (nSPS) is 17.8. The van der Waals surface area contributed by atoms with E-state index in [4.69, 9.17) is 16.3 Å². The van der Waals surface area contributed by atoms with Gasteiger partial charge >= 0.3 is 6.18 Å². The lowest BCUT2D eigenvalue weighted by Gasteiger charge is -2.39. The maximum Gasteiger partial charge on any atom is 0.416 e. The Morgan fingerprint density at radius 3 is 2.53 bits per heavy atom. The molecule has 1 aromatic carbocycles. The molecule has 2 aliphatic rings. The number of pyridine rings is 1. The molecule has 5 nitrogen and oxygen atoms in total. The molecular weight excluding hydrogens is 421 g/mol. The number of halogens is 4. The minimum Gasteiger partial charge on any atom is -0.365 e. The zero-order valence-corrected chi connectivity index (χ0v) is 16.6. The van der Waals surface area contributed by atoms with Crippen molar-refractivity contribution in [3.63, 3.8) is 0 Å². The number of nitrogens with zero attached hydrogens (tertiary/aromatic N) is 2. The number of hydrogen-bond donors (Lipinski definition) is 0. The second kappa shape index (κ2) is 7.67. The number of ether oxygens (including phenoxy) is 1. The molecule has 158 valence electrons. The number of fused-ring (bicyclic) bond motifs is 2. The molecule has 4 rings (SSSR count). The number of ketones is 1. The fourth-order valence-electron chi connectivity index (χ4n) is 4.04. The predicted octanol–water partition coefficient (Wildman–Crippen LogP) is 3.91. The highest BCUT2D eigenvalue weighted by molar-refractivity contribution is 6.36. The standard InChI is InChI=1S/C21H18ClF3N2O3/c22-15-2-3-16(26-11-15)10-18(28)19(29)27-7-5-20(6-8-27)17-4-1-14(21(23,24)25)9-13(17)12-30-20/h1-4,9,11H,5-8,10,12H2. The first-order valence-corrected chi connectivity index (χ1v) is 9.83. The summed E-state index contributed by atoms with van der Waals surface area (Å²) in [4.78, 5) is 30.4. The van der Waals surface area contributed by atoms with Crippen molar-refractivity contribution >= 4 is 23.3 Å². The minimum atomic E-state index is -4.40. The molecule has 0 saturated carbocycles. The fraction of sp³-hybridized carbons (Fsp3) is 0.381.